The first-order chi connectivity index (χ1) is 8.35. The lowest BCUT2D eigenvalue weighted by molar-refractivity contribution is 0.297. The van der Waals surface area contributed by atoms with Crippen molar-refractivity contribution in [3.63, 3.8) is 0 Å². The first-order valence-electron chi connectivity index (χ1n) is 6.16. The van der Waals surface area contributed by atoms with Crippen LogP contribution in [0.5, 0.6) is 0 Å². The largest absolute Gasteiger partial charge is 0.395 e. The van der Waals surface area contributed by atoms with Gasteiger partial charge < -0.3 is 15.4 Å². The van der Waals surface area contributed by atoms with E-state index in [1.54, 1.807) is 0 Å². The van der Waals surface area contributed by atoms with Crippen molar-refractivity contribution in [3.05, 3.63) is 18.2 Å². The first-order valence-corrected chi connectivity index (χ1v) is 6.16. The number of nitrogens with two attached hydrogens (primary N) is 1. The maximum Gasteiger partial charge on any atom is 0.142 e. The minimum absolute atomic E-state index is 0.151. The van der Waals surface area contributed by atoms with Gasteiger partial charge in [0.1, 0.15) is 11.6 Å². The van der Waals surface area contributed by atoms with Gasteiger partial charge in [0.15, 0.2) is 0 Å². The number of rotatable bonds is 5. The fraction of sp³-hybridized carbons (Fsp3) is 0.583. The van der Waals surface area contributed by atoms with Gasteiger partial charge in [0.05, 0.1) is 6.61 Å². The number of hydrogen-bond acceptors (Lipinski definition) is 5. The molecule has 0 aromatic carbocycles. The molecule has 0 saturated heterocycles. The summed E-state index contributed by atoms with van der Waals surface area (Å²) in [5.41, 5.74) is 2.55. The van der Waals surface area contributed by atoms with Gasteiger partial charge in [0, 0.05) is 12.6 Å². The van der Waals surface area contributed by atoms with Crippen LogP contribution >= 0.6 is 0 Å². The number of pyridine rings is 1. The Morgan fingerprint density at radius 3 is 2.82 bits per heavy atom. The van der Waals surface area contributed by atoms with Crippen LogP contribution in [-0.2, 0) is 0 Å². The summed E-state index contributed by atoms with van der Waals surface area (Å²) in [4.78, 5) is 6.62. The van der Waals surface area contributed by atoms with E-state index in [4.69, 9.17) is 5.84 Å². The number of nitrogens with zero attached hydrogens (tertiary/aromatic N) is 2. The van der Waals surface area contributed by atoms with Crippen molar-refractivity contribution in [2.24, 2.45) is 5.84 Å². The zero-order chi connectivity index (χ0) is 12.1. The molecule has 0 unspecified atom stereocenters. The quantitative estimate of drug-likeness (QED) is 0.527. The molecule has 2 rings (SSSR count). The van der Waals surface area contributed by atoms with Crippen molar-refractivity contribution in [3.8, 4) is 0 Å². The summed E-state index contributed by atoms with van der Waals surface area (Å²) in [6.07, 6.45) is 4.90. The van der Waals surface area contributed by atoms with Crippen molar-refractivity contribution >= 4 is 11.6 Å². The SMILES string of the molecule is NNc1cccc(N(CCO)C2CCCC2)n1. The number of aliphatic hydroxyl groups excluding tert-OH is 1. The Labute approximate surface area is 102 Å². The second kappa shape index (κ2) is 5.84. The van der Waals surface area contributed by atoms with Crippen LogP contribution in [0.15, 0.2) is 18.2 Å². The Morgan fingerprint density at radius 2 is 2.18 bits per heavy atom. The molecule has 1 fully saturated rings. The normalized spacial score (nSPS) is 16.1. The molecule has 0 radical (unpaired) electrons. The second-order valence-corrected chi connectivity index (χ2v) is 4.38. The average molecular weight is 236 g/mol. The molecule has 1 aromatic rings. The van der Waals surface area contributed by atoms with Crippen molar-refractivity contribution in [2.75, 3.05) is 23.5 Å². The number of aliphatic hydroxyl groups is 1. The molecule has 4 N–H and O–H groups in total. The molecule has 5 heteroatoms. The third kappa shape index (κ3) is 2.87. The minimum atomic E-state index is 0.151. The molecule has 0 spiro atoms. The predicted octanol–water partition coefficient (Wildman–Crippen LogP) is 1.11. The van der Waals surface area contributed by atoms with Crippen LogP contribution in [0.3, 0.4) is 0 Å². The number of anilines is 2. The summed E-state index contributed by atoms with van der Waals surface area (Å²) in [7, 11) is 0. The molecule has 1 aliphatic carbocycles. The standard InChI is InChI=1S/C12H20N4O/c13-15-11-6-3-7-12(14-11)16(8-9-17)10-4-1-2-5-10/h3,6-7,10,17H,1-2,4-5,8-9,13H2,(H,14,15). The van der Waals surface area contributed by atoms with Crippen molar-refractivity contribution in [1.29, 1.82) is 0 Å². The van der Waals surface area contributed by atoms with E-state index < -0.39 is 0 Å². The van der Waals surface area contributed by atoms with Crippen LogP contribution in [0, 0.1) is 0 Å². The molecule has 17 heavy (non-hydrogen) atoms. The lowest BCUT2D eigenvalue weighted by Gasteiger charge is -2.29. The van der Waals surface area contributed by atoms with E-state index in [0.29, 0.717) is 18.4 Å². The van der Waals surface area contributed by atoms with Crippen molar-refractivity contribution < 1.29 is 5.11 Å². The van der Waals surface area contributed by atoms with Gasteiger partial charge >= 0.3 is 0 Å². The van der Waals surface area contributed by atoms with Gasteiger partial charge in [-0.25, -0.2) is 10.8 Å². The molecule has 1 heterocycles. The second-order valence-electron chi connectivity index (χ2n) is 4.38. The zero-order valence-electron chi connectivity index (χ0n) is 9.97. The fourth-order valence-corrected chi connectivity index (χ4v) is 2.47. The van der Waals surface area contributed by atoms with E-state index >= 15 is 0 Å². The van der Waals surface area contributed by atoms with Gasteiger partial charge in [-0.3, -0.25) is 0 Å². The van der Waals surface area contributed by atoms with Gasteiger partial charge in [-0.1, -0.05) is 18.9 Å². The Bertz CT molecular complexity index is 352. The van der Waals surface area contributed by atoms with Crippen molar-refractivity contribution in [2.45, 2.75) is 31.7 Å². The van der Waals surface area contributed by atoms with E-state index in [9.17, 15) is 5.11 Å². The summed E-state index contributed by atoms with van der Waals surface area (Å²) < 4.78 is 0. The molecule has 1 aliphatic rings. The number of hydrazine groups is 1. The third-order valence-corrected chi connectivity index (χ3v) is 3.28. The first kappa shape index (κ1) is 12.1. The summed E-state index contributed by atoms with van der Waals surface area (Å²) in [5, 5.41) is 9.18. The van der Waals surface area contributed by atoms with Crippen molar-refractivity contribution in [1.82, 2.24) is 4.98 Å². The Kier molecular flexibility index (Phi) is 4.17. The highest BCUT2D eigenvalue weighted by molar-refractivity contribution is 5.47. The van der Waals surface area contributed by atoms with Gasteiger partial charge in [-0.2, -0.15) is 0 Å². The molecule has 94 valence electrons. The Balaban J connectivity index is 2.18. The molecule has 0 atom stereocenters. The monoisotopic (exact) mass is 236 g/mol. The van der Waals surface area contributed by atoms with E-state index in [1.807, 2.05) is 18.2 Å². The highest BCUT2D eigenvalue weighted by Gasteiger charge is 2.23. The smallest absolute Gasteiger partial charge is 0.142 e. The number of nitrogens with one attached hydrogen (secondary N) is 1. The van der Waals surface area contributed by atoms with Gasteiger partial charge in [0.25, 0.3) is 0 Å². The summed E-state index contributed by atoms with van der Waals surface area (Å²) in [6, 6.07) is 6.23. The third-order valence-electron chi connectivity index (χ3n) is 3.28. The molecule has 5 nitrogen and oxygen atoms in total. The highest BCUT2D eigenvalue weighted by Crippen LogP contribution is 2.27. The number of aromatic nitrogens is 1. The van der Waals surface area contributed by atoms with E-state index in [-0.39, 0.29) is 6.61 Å². The van der Waals surface area contributed by atoms with Crippen LogP contribution in [-0.4, -0.2) is 29.3 Å². The number of nitrogen functional groups attached to an aromatic ring is 1. The Hall–Kier alpha value is -1.33. The molecular weight excluding hydrogens is 216 g/mol. The van der Waals surface area contributed by atoms with Crippen LogP contribution in [0.25, 0.3) is 0 Å². The average Bonchev–Trinajstić information content (AvgIpc) is 2.89. The summed E-state index contributed by atoms with van der Waals surface area (Å²) in [5.74, 6) is 6.91. The minimum Gasteiger partial charge on any atom is -0.395 e. The fourth-order valence-electron chi connectivity index (χ4n) is 2.47. The van der Waals surface area contributed by atoms with E-state index in [0.717, 1.165) is 5.82 Å². The molecule has 0 amide bonds. The summed E-state index contributed by atoms with van der Waals surface area (Å²) >= 11 is 0. The molecule has 1 saturated carbocycles. The molecular formula is C12H20N4O. The van der Waals surface area contributed by atoms with Gasteiger partial charge in [-0.15, -0.1) is 0 Å². The highest BCUT2D eigenvalue weighted by atomic mass is 16.3. The van der Waals surface area contributed by atoms with Crippen LogP contribution in [0.2, 0.25) is 0 Å². The van der Waals surface area contributed by atoms with Gasteiger partial charge in [0.2, 0.25) is 0 Å². The van der Waals surface area contributed by atoms with Gasteiger partial charge in [-0.05, 0) is 25.0 Å². The predicted molar refractivity (Wildman–Crippen MR) is 68.7 cm³/mol. The Morgan fingerprint density at radius 1 is 1.41 bits per heavy atom. The lowest BCUT2D eigenvalue weighted by atomic mass is 10.2. The molecule has 0 bridgehead atoms. The molecule has 1 aromatic heterocycles. The number of hydrogen-bond donors (Lipinski definition) is 3. The molecule has 0 aliphatic heterocycles. The lowest BCUT2D eigenvalue weighted by Crippen LogP contribution is -2.36. The van der Waals surface area contributed by atoms with E-state index in [2.05, 4.69) is 15.3 Å². The van der Waals surface area contributed by atoms with Crippen LogP contribution in [0.4, 0.5) is 11.6 Å². The van der Waals surface area contributed by atoms with E-state index in [1.165, 1.54) is 25.7 Å². The van der Waals surface area contributed by atoms with Crippen LogP contribution < -0.4 is 16.2 Å². The maximum absolute atomic E-state index is 9.18. The van der Waals surface area contributed by atoms with Crippen LogP contribution in [0.1, 0.15) is 25.7 Å². The maximum atomic E-state index is 9.18. The summed E-state index contributed by atoms with van der Waals surface area (Å²) in [6.45, 7) is 0.782. The topological polar surface area (TPSA) is 74.4 Å². The zero-order valence-corrected chi connectivity index (χ0v) is 9.97.